The van der Waals surface area contributed by atoms with E-state index in [1.165, 1.54) is 0 Å². The molecule has 3 heteroatoms. The number of hydrogen-bond donors (Lipinski definition) is 1. The molecule has 0 radical (unpaired) electrons. The van der Waals surface area contributed by atoms with Gasteiger partial charge < -0.3 is 5.73 Å². The van der Waals surface area contributed by atoms with Crippen LogP contribution in [0.15, 0.2) is 29.2 Å². The van der Waals surface area contributed by atoms with E-state index < -0.39 is 9.52 Å². The zero-order valence-corrected chi connectivity index (χ0v) is 8.64. The van der Waals surface area contributed by atoms with Crippen LogP contribution in [0.2, 0.25) is 0 Å². The molecule has 0 aliphatic heterocycles. The minimum atomic E-state index is -2.08. The van der Waals surface area contributed by atoms with E-state index in [0.717, 1.165) is 11.3 Å². The van der Waals surface area contributed by atoms with Crippen LogP contribution in [0.4, 0.5) is 5.69 Å². The lowest BCUT2D eigenvalue weighted by Gasteiger charge is -2.07. The molecule has 2 N–H and O–H groups in total. The quantitative estimate of drug-likeness (QED) is 0.592. The van der Waals surface area contributed by atoms with Gasteiger partial charge in [0.2, 0.25) is 0 Å². The second kappa shape index (κ2) is 3.83. The molecule has 0 bridgehead atoms. The van der Waals surface area contributed by atoms with Gasteiger partial charge in [0.15, 0.2) is 0 Å². The molecule has 0 aliphatic carbocycles. The van der Waals surface area contributed by atoms with Crippen LogP contribution in [0, 0.1) is 0 Å². The summed E-state index contributed by atoms with van der Waals surface area (Å²) in [6.07, 6.45) is 0.882. The Morgan fingerprint density at radius 1 is 1.38 bits per heavy atom. The largest absolute Gasteiger partial charge is 0.399 e. The highest BCUT2D eigenvalue weighted by atomic mass is 32.2. The van der Waals surface area contributed by atoms with Gasteiger partial charge in [-0.25, -0.2) is 0 Å². The van der Waals surface area contributed by atoms with E-state index in [-0.39, 0.29) is 0 Å². The molecule has 1 rings (SSSR count). The third-order valence-electron chi connectivity index (χ3n) is 1.84. The molecule has 2 nitrogen and oxygen atoms in total. The molecule has 0 amide bonds. The van der Waals surface area contributed by atoms with Crippen LogP contribution in [0.1, 0.15) is 13.3 Å². The van der Waals surface area contributed by atoms with Crippen LogP contribution in [-0.4, -0.2) is 15.8 Å². The van der Waals surface area contributed by atoms with E-state index in [1.807, 2.05) is 6.92 Å². The van der Waals surface area contributed by atoms with E-state index >= 15 is 0 Å². The molecule has 0 spiro atoms. The van der Waals surface area contributed by atoms with Crippen molar-refractivity contribution in [1.29, 1.82) is 0 Å². The van der Waals surface area contributed by atoms with Gasteiger partial charge in [-0.05, 0) is 46.1 Å². The van der Waals surface area contributed by atoms with Crippen LogP contribution >= 0.6 is 0 Å². The highest BCUT2D eigenvalue weighted by molar-refractivity contribution is 8.00. The first-order valence-electron chi connectivity index (χ1n) is 4.27. The molecule has 0 saturated heterocycles. The molecule has 13 heavy (non-hydrogen) atoms. The summed E-state index contributed by atoms with van der Waals surface area (Å²) in [5, 5.41) is 0. The van der Waals surface area contributed by atoms with Gasteiger partial charge in [-0.3, -0.25) is 4.21 Å². The molecule has 0 aliphatic rings. The lowest BCUT2D eigenvalue weighted by molar-refractivity contribution is 0.680. The van der Waals surface area contributed by atoms with Crippen LogP contribution < -0.4 is 5.73 Å². The molecule has 0 fully saturated rings. The highest BCUT2D eigenvalue weighted by Crippen LogP contribution is 2.13. The molecule has 1 unspecified atom stereocenters. The molecule has 0 saturated carbocycles. The molecule has 1 aromatic carbocycles. The number of benzene rings is 1. The van der Waals surface area contributed by atoms with E-state index in [9.17, 15) is 4.21 Å². The summed E-state index contributed by atoms with van der Waals surface area (Å²) >= 11 is 0. The monoisotopic (exact) mass is 197 g/mol. The number of rotatable bonds is 3. The number of nitrogens with two attached hydrogens (primary N) is 1. The fourth-order valence-electron chi connectivity index (χ4n) is 1.16. The predicted molar refractivity (Wildman–Crippen MR) is 59.5 cm³/mol. The van der Waals surface area contributed by atoms with Crippen molar-refractivity contribution < 1.29 is 4.21 Å². The van der Waals surface area contributed by atoms with Gasteiger partial charge in [0.25, 0.3) is 0 Å². The number of hydrogen-bond acceptors (Lipinski definition) is 2. The van der Waals surface area contributed by atoms with E-state index in [2.05, 4.69) is 5.87 Å². The molecular weight excluding hydrogens is 182 g/mol. The molecular formula is C10H15NOS. The van der Waals surface area contributed by atoms with Gasteiger partial charge >= 0.3 is 0 Å². The second-order valence-electron chi connectivity index (χ2n) is 3.08. The first-order valence-corrected chi connectivity index (χ1v) is 6.16. The Morgan fingerprint density at radius 3 is 2.38 bits per heavy atom. The van der Waals surface area contributed by atoms with Crippen molar-refractivity contribution in [3.63, 3.8) is 0 Å². The van der Waals surface area contributed by atoms with Crippen LogP contribution in [-0.2, 0) is 9.52 Å². The van der Waals surface area contributed by atoms with Crippen molar-refractivity contribution >= 4 is 21.1 Å². The third kappa shape index (κ3) is 2.49. The lowest BCUT2D eigenvalue weighted by Crippen LogP contribution is -2.05. The molecule has 72 valence electrons. The van der Waals surface area contributed by atoms with Crippen molar-refractivity contribution in [3.05, 3.63) is 24.3 Å². The van der Waals surface area contributed by atoms with Crippen molar-refractivity contribution in [2.45, 2.75) is 18.2 Å². The zero-order valence-electron chi connectivity index (χ0n) is 7.82. The molecule has 0 aromatic heterocycles. The summed E-state index contributed by atoms with van der Waals surface area (Å²) in [7, 11) is -2.08. The summed E-state index contributed by atoms with van der Waals surface area (Å²) < 4.78 is 11.9. The SMILES string of the molecule is C=S(=O)(CCC)c1ccc(N)cc1. The van der Waals surface area contributed by atoms with Crippen molar-refractivity contribution in [2.75, 3.05) is 11.5 Å². The van der Waals surface area contributed by atoms with E-state index in [1.54, 1.807) is 24.3 Å². The zero-order chi connectivity index (χ0) is 9.90. The topological polar surface area (TPSA) is 43.1 Å². The van der Waals surface area contributed by atoms with Gasteiger partial charge in [0.1, 0.15) is 0 Å². The average molecular weight is 197 g/mol. The van der Waals surface area contributed by atoms with Crippen LogP contribution in [0.5, 0.6) is 0 Å². The molecule has 1 atom stereocenters. The van der Waals surface area contributed by atoms with Crippen molar-refractivity contribution in [2.24, 2.45) is 0 Å². The number of anilines is 1. The maximum atomic E-state index is 11.9. The minimum absolute atomic E-state index is 0.636. The van der Waals surface area contributed by atoms with Crippen molar-refractivity contribution in [1.82, 2.24) is 0 Å². The van der Waals surface area contributed by atoms with E-state index in [0.29, 0.717) is 11.4 Å². The Kier molecular flexibility index (Phi) is 2.98. The second-order valence-corrected chi connectivity index (χ2v) is 5.59. The average Bonchev–Trinajstić information content (AvgIpc) is 2.05. The normalized spacial score (nSPS) is 15.2. The maximum Gasteiger partial charge on any atom is 0.0314 e. The van der Waals surface area contributed by atoms with Crippen molar-refractivity contribution in [3.8, 4) is 0 Å². The molecule has 1 aromatic rings. The van der Waals surface area contributed by atoms with Crippen LogP contribution in [0.3, 0.4) is 0 Å². The summed E-state index contributed by atoms with van der Waals surface area (Å²) in [5.74, 6) is 4.38. The highest BCUT2D eigenvalue weighted by Gasteiger charge is 2.05. The summed E-state index contributed by atoms with van der Waals surface area (Å²) in [4.78, 5) is 0.795. The van der Waals surface area contributed by atoms with E-state index in [4.69, 9.17) is 5.73 Å². The number of nitrogen functional groups attached to an aromatic ring is 1. The Morgan fingerprint density at radius 2 is 1.92 bits per heavy atom. The summed E-state index contributed by atoms with van der Waals surface area (Å²) in [5.41, 5.74) is 6.22. The van der Waals surface area contributed by atoms with Gasteiger partial charge in [-0.15, -0.1) is 0 Å². The van der Waals surface area contributed by atoms with Gasteiger partial charge in [0, 0.05) is 16.3 Å². The van der Waals surface area contributed by atoms with Gasteiger partial charge in [-0.2, -0.15) is 0 Å². The fraction of sp³-hybridized carbons (Fsp3) is 0.300. The summed E-state index contributed by atoms with van der Waals surface area (Å²) in [6.45, 7) is 2.00. The standard InChI is InChI=1S/C10H15NOS/c1-3-8-13(2,12)10-6-4-9(11)5-7-10/h4-7H,2-3,8,11H2,1H3. The fourth-order valence-corrected chi connectivity index (χ4v) is 2.69. The maximum absolute atomic E-state index is 11.9. The minimum Gasteiger partial charge on any atom is -0.399 e. The Labute approximate surface area is 79.8 Å². The molecule has 0 heterocycles. The Hall–Kier alpha value is -0.960. The summed E-state index contributed by atoms with van der Waals surface area (Å²) in [6, 6.07) is 7.10. The third-order valence-corrected chi connectivity index (χ3v) is 4.04. The van der Waals surface area contributed by atoms with Crippen LogP contribution in [0.25, 0.3) is 0 Å². The predicted octanol–water partition coefficient (Wildman–Crippen LogP) is 1.75. The Balaban J connectivity index is 3.02. The first kappa shape index (κ1) is 10.1. The first-order chi connectivity index (χ1) is 6.06. The Bertz CT molecular complexity index is 364. The van der Waals surface area contributed by atoms with Gasteiger partial charge in [0.05, 0.1) is 0 Å². The smallest absolute Gasteiger partial charge is 0.0314 e. The lowest BCUT2D eigenvalue weighted by atomic mass is 10.3. The van der Waals surface area contributed by atoms with Gasteiger partial charge in [-0.1, -0.05) is 6.92 Å².